The highest BCUT2D eigenvalue weighted by Crippen LogP contribution is 2.13. The molecule has 0 atom stereocenters. The van der Waals surface area contributed by atoms with E-state index >= 15 is 0 Å². The smallest absolute Gasteiger partial charge is 0.254 e. The molecule has 13 heavy (non-hydrogen) atoms. The van der Waals surface area contributed by atoms with Gasteiger partial charge in [0.1, 0.15) is 6.26 Å². The van der Waals surface area contributed by atoms with Gasteiger partial charge in [0.15, 0.2) is 4.67 Å². The third kappa shape index (κ3) is 3.22. The van der Waals surface area contributed by atoms with E-state index in [9.17, 15) is 4.79 Å². The van der Waals surface area contributed by atoms with Crippen LogP contribution in [0.15, 0.2) is 21.4 Å². The fourth-order valence-electron chi connectivity index (χ4n) is 0.828. The van der Waals surface area contributed by atoms with Gasteiger partial charge in [0.2, 0.25) is 0 Å². The normalized spacial score (nSPS) is 10.5. The quantitative estimate of drug-likeness (QED) is 0.889. The van der Waals surface area contributed by atoms with Gasteiger partial charge in [0, 0.05) is 12.6 Å². The van der Waals surface area contributed by atoms with Crippen molar-refractivity contribution in [2.45, 2.75) is 13.8 Å². The van der Waals surface area contributed by atoms with E-state index in [1.807, 2.05) is 13.8 Å². The second-order valence-electron chi connectivity index (χ2n) is 3.24. The largest absolute Gasteiger partial charge is 0.457 e. The Kier molecular flexibility index (Phi) is 3.54. The van der Waals surface area contributed by atoms with Gasteiger partial charge in [-0.2, -0.15) is 0 Å². The fourth-order valence-corrected chi connectivity index (χ4v) is 1.17. The minimum atomic E-state index is -0.0943. The van der Waals surface area contributed by atoms with Gasteiger partial charge in [-0.3, -0.25) is 4.79 Å². The van der Waals surface area contributed by atoms with Gasteiger partial charge >= 0.3 is 0 Å². The molecule has 4 heteroatoms. The van der Waals surface area contributed by atoms with Crippen molar-refractivity contribution in [2.75, 3.05) is 6.54 Å². The molecule has 0 radical (unpaired) electrons. The van der Waals surface area contributed by atoms with Crippen LogP contribution in [0.5, 0.6) is 0 Å². The summed E-state index contributed by atoms with van der Waals surface area (Å²) in [7, 11) is 0. The minimum Gasteiger partial charge on any atom is -0.457 e. The highest BCUT2D eigenvalue weighted by Gasteiger charge is 2.08. The molecular weight excluding hydrogens is 234 g/mol. The van der Waals surface area contributed by atoms with E-state index in [-0.39, 0.29) is 5.91 Å². The van der Waals surface area contributed by atoms with Crippen molar-refractivity contribution >= 4 is 21.8 Å². The Morgan fingerprint density at radius 2 is 2.38 bits per heavy atom. The molecule has 3 nitrogen and oxygen atoms in total. The summed E-state index contributed by atoms with van der Waals surface area (Å²) >= 11 is 3.13. The number of rotatable bonds is 3. The third-order valence-corrected chi connectivity index (χ3v) is 1.92. The molecule has 1 N–H and O–H groups in total. The molecule has 0 unspecified atom stereocenters. The van der Waals surface area contributed by atoms with Gasteiger partial charge in [-0.1, -0.05) is 13.8 Å². The number of halogens is 1. The van der Waals surface area contributed by atoms with Crippen molar-refractivity contribution in [3.05, 3.63) is 22.6 Å². The van der Waals surface area contributed by atoms with Crippen LogP contribution in [0.3, 0.4) is 0 Å². The maximum atomic E-state index is 11.4. The predicted octanol–water partition coefficient (Wildman–Crippen LogP) is 2.43. The standard InChI is InChI=1S/C9H12BrNO2/c1-6(2)4-11-9(12)7-3-8(10)13-5-7/h3,5-6H,4H2,1-2H3,(H,11,12). The lowest BCUT2D eigenvalue weighted by molar-refractivity contribution is 0.0948. The Bertz CT molecular complexity index is 294. The molecule has 1 rings (SSSR count). The molecule has 0 aromatic carbocycles. The van der Waals surface area contributed by atoms with Crippen molar-refractivity contribution < 1.29 is 9.21 Å². The van der Waals surface area contributed by atoms with Crippen LogP contribution < -0.4 is 5.32 Å². The summed E-state index contributed by atoms with van der Waals surface area (Å²) in [6, 6.07) is 1.65. The number of hydrogen-bond acceptors (Lipinski definition) is 2. The maximum absolute atomic E-state index is 11.4. The van der Waals surface area contributed by atoms with E-state index in [4.69, 9.17) is 4.42 Å². The number of carbonyl (C=O) groups is 1. The first-order valence-corrected chi connectivity index (χ1v) is 4.91. The molecule has 1 heterocycles. The molecule has 1 amide bonds. The molecule has 0 saturated heterocycles. The molecule has 72 valence electrons. The topological polar surface area (TPSA) is 42.2 Å². The number of nitrogens with one attached hydrogen (secondary N) is 1. The molecule has 0 saturated carbocycles. The second-order valence-corrected chi connectivity index (χ2v) is 4.02. The summed E-state index contributed by atoms with van der Waals surface area (Å²) in [5.74, 6) is 0.363. The van der Waals surface area contributed by atoms with E-state index in [0.29, 0.717) is 22.7 Å². The number of furan rings is 1. The SMILES string of the molecule is CC(C)CNC(=O)c1coc(Br)c1. The lowest BCUT2D eigenvalue weighted by Crippen LogP contribution is -2.26. The van der Waals surface area contributed by atoms with Gasteiger partial charge < -0.3 is 9.73 Å². The third-order valence-electron chi connectivity index (χ3n) is 1.50. The number of carbonyl (C=O) groups excluding carboxylic acids is 1. The van der Waals surface area contributed by atoms with Crippen LogP contribution in [0.1, 0.15) is 24.2 Å². The first-order chi connectivity index (χ1) is 6.09. The molecule has 0 aliphatic heterocycles. The molecule has 0 spiro atoms. The van der Waals surface area contributed by atoms with Crippen LogP contribution in [0, 0.1) is 5.92 Å². The van der Waals surface area contributed by atoms with Crippen LogP contribution in [0.4, 0.5) is 0 Å². The average Bonchev–Trinajstić information content (AvgIpc) is 2.47. The predicted molar refractivity (Wildman–Crippen MR) is 53.6 cm³/mol. The molecule has 0 aliphatic carbocycles. The zero-order valence-corrected chi connectivity index (χ0v) is 9.22. The Labute approximate surface area is 85.6 Å². The molecule has 0 bridgehead atoms. The lowest BCUT2D eigenvalue weighted by Gasteiger charge is -2.05. The van der Waals surface area contributed by atoms with E-state index in [1.165, 1.54) is 6.26 Å². The van der Waals surface area contributed by atoms with Gasteiger partial charge in [-0.25, -0.2) is 0 Å². The van der Waals surface area contributed by atoms with Crippen LogP contribution in [0.2, 0.25) is 0 Å². The highest BCUT2D eigenvalue weighted by atomic mass is 79.9. The zero-order chi connectivity index (χ0) is 9.84. The van der Waals surface area contributed by atoms with Crippen molar-refractivity contribution in [3.8, 4) is 0 Å². The second kappa shape index (κ2) is 4.46. The molecule has 0 aliphatic rings. The summed E-state index contributed by atoms with van der Waals surface area (Å²) in [5, 5.41) is 2.79. The average molecular weight is 246 g/mol. The Hall–Kier alpha value is -0.770. The molecule has 1 aromatic heterocycles. The van der Waals surface area contributed by atoms with Gasteiger partial charge in [-0.15, -0.1) is 0 Å². The van der Waals surface area contributed by atoms with E-state index < -0.39 is 0 Å². The van der Waals surface area contributed by atoms with Crippen LogP contribution in [-0.2, 0) is 0 Å². The zero-order valence-electron chi connectivity index (χ0n) is 7.63. The van der Waals surface area contributed by atoms with Crippen molar-refractivity contribution in [1.29, 1.82) is 0 Å². The molecular formula is C9H12BrNO2. The minimum absolute atomic E-state index is 0.0943. The maximum Gasteiger partial charge on any atom is 0.254 e. The fraction of sp³-hybridized carbons (Fsp3) is 0.444. The summed E-state index contributed by atoms with van der Waals surface area (Å²) < 4.78 is 5.52. The monoisotopic (exact) mass is 245 g/mol. The molecule has 0 fully saturated rings. The lowest BCUT2D eigenvalue weighted by atomic mass is 10.2. The molecule has 1 aromatic rings. The van der Waals surface area contributed by atoms with Crippen molar-refractivity contribution in [2.24, 2.45) is 5.92 Å². The highest BCUT2D eigenvalue weighted by molar-refractivity contribution is 9.10. The summed E-state index contributed by atoms with van der Waals surface area (Å²) in [6.45, 7) is 4.78. The van der Waals surface area contributed by atoms with Gasteiger partial charge in [0.05, 0.1) is 5.56 Å². The van der Waals surface area contributed by atoms with Crippen LogP contribution in [0.25, 0.3) is 0 Å². The first kappa shape index (κ1) is 10.3. The van der Waals surface area contributed by atoms with E-state index in [0.717, 1.165) is 0 Å². The summed E-state index contributed by atoms with van der Waals surface area (Å²) in [6.07, 6.45) is 1.43. The number of hydrogen-bond donors (Lipinski definition) is 1. The van der Waals surface area contributed by atoms with Gasteiger partial charge in [0.25, 0.3) is 5.91 Å². The van der Waals surface area contributed by atoms with E-state index in [1.54, 1.807) is 6.07 Å². The Morgan fingerprint density at radius 1 is 1.69 bits per heavy atom. The summed E-state index contributed by atoms with van der Waals surface area (Å²) in [4.78, 5) is 11.4. The Morgan fingerprint density at radius 3 is 2.85 bits per heavy atom. The van der Waals surface area contributed by atoms with E-state index in [2.05, 4.69) is 21.2 Å². The van der Waals surface area contributed by atoms with Crippen LogP contribution in [-0.4, -0.2) is 12.5 Å². The number of amides is 1. The summed E-state index contributed by atoms with van der Waals surface area (Å²) in [5.41, 5.74) is 0.549. The first-order valence-electron chi connectivity index (χ1n) is 4.12. The Balaban J connectivity index is 2.49. The van der Waals surface area contributed by atoms with Gasteiger partial charge in [-0.05, 0) is 21.8 Å². The van der Waals surface area contributed by atoms with Crippen molar-refractivity contribution in [3.63, 3.8) is 0 Å². The van der Waals surface area contributed by atoms with Crippen molar-refractivity contribution in [1.82, 2.24) is 5.32 Å². The van der Waals surface area contributed by atoms with Crippen LogP contribution >= 0.6 is 15.9 Å².